The average Bonchev–Trinajstić information content (AvgIpc) is 3.70. The van der Waals surface area contributed by atoms with Gasteiger partial charge in [0, 0.05) is 54.4 Å². The number of benzene rings is 4. The van der Waals surface area contributed by atoms with Gasteiger partial charge in [0.2, 0.25) is 5.91 Å². The average molecular weight is 758 g/mol. The summed E-state index contributed by atoms with van der Waals surface area (Å²) in [6.07, 6.45) is 3.95. The zero-order chi connectivity index (χ0) is 37.6. The van der Waals surface area contributed by atoms with Crippen LogP contribution in [0.5, 0.6) is 0 Å². The van der Waals surface area contributed by atoms with Crippen molar-refractivity contribution < 1.29 is 33.4 Å². The number of fused-ring (bicyclic) bond motifs is 1. The van der Waals surface area contributed by atoms with Crippen molar-refractivity contribution in [2.75, 3.05) is 26.8 Å². The standard InChI is InChI=1S/C38H31Cl2FN6O6/c1-53-18-16-42-37(50)24-9-10-27(31(40)20-24)25-3-2-4-28-26(25)15-17-46(36(28)33(48)19-22-5-7-23(8-6-22)38(51)52)34(49)14-11-29-32(47-21-43-44-45-47)13-12-30(39)35(29)41/h2-14,20-21,36H,15-19H2,1H3,(H,42,50)(H,51,52)/b14-11+. The van der Waals surface area contributed by atoms with Gasteiger partial charge < -0.3 is 20.1 Å². The van der Waals surface area contributed by atoms with Gasteiger partial charge in [-0.2, -0.15) is 4.68 Å². The fourth-order valence-electron chi connectivity index (χ4n) is 6.25. The van der Waals surface area contributed by atoms with E-state index in [1.807, 2.05) is 6.07 Å². The van der Waals surface area contributed by atoms with Crippen molar-refractivity contribution in [3.05, 3.63) is 134 Å². The number of tetrazole rings is 1. The van der Waals surface area contributed by atoms with Crippen LogP contribution in [0.15, 0.2) is 85.2 Å². The lowest BCUT2D eigenvalue weighted by atomic mass is 9.83. The molecule has 12 nitrogen and oxygen atoms in total. The molecule has 2 N–H and O–H groups in total. The number of amides is 2. The summed E-state index contributed by atoms with van der Waals surface area (Å²) < 4.78 is 21.6. The fourth-order valence-corrected chi connectivity index (χ4v) is 6.70. The van der Waals surface area contributed by atoms with E-state index in [0.29, 0.717) is 46.8 Å². The van der Waals surface area contributed by atoms with Crippen molar-refractivity contribution >= 4 is 52.8 Å². The number of aromatic nitrogens is 4. The first-order chi connectivity index (χ1) is 25.6. The second-order valence-corrected chi connectivity index (χ2v) is 12.8. The maximum absolute atomic E-state index is 15.3. The van der Waals surface area contributed by atoms with E-state index in [0.717, 1.165) is 11.1 Å². The Morgan fingerprint density at radius 2 is 1.77 bits per heavy atom. The van der Waals surface area contributed by atoms with Crippen molar-refractivity contribution in [1.29, 1.82) is 0 Å². The van der Waals surface area contributed by atoms with Gasteiger partial charge in [0.25, 0.3) is 5.91 Å². The maximum atomic E-state index is 15.3. The summed E-state index contributed by atoms with van der Waals surface area (Å²) in [6, 6.07) is 18.1. The Bertz CT molecular complexity index is 2230. The van der Waals surface area contributed by atoms with Gasteiger partial charge in [0.1, 0.15) is 12.4 Å². The summed E-state index contributed by atoms with van der Waals surface area (Å²) in [7, 11) is 1.54. The number of aromatic carboxylic acids is 1. The highest BCUT2D eigenvalue weighted by atomic mass is 35.5. The zero-order valence-electron chi connectivity index (χ0n) is 28.1. The van der Waals surface area contributed by atoms with E-state index >= 15 is 4.39 Å². The smallest absolute Gasteiger partial charge is 0.335 e. The number of carbonyl (C=O) groups is 4. The number of carbonyl (C=O) groups excluding carboxylic acids is 3. The van der Waals surface area contributed by atoms with Gasteiger partial charge in [0.05, 0.1) is 22.9 Å². The van der Waals surface area contributed by atoms with E-state index in [1.165, 1.54) is 59.4 Å². The molecular formula is C38H31Cl2FN6O6. The number of hydrogen-bond donors (Lipinski definition) is 2. The Labute approximate surface area is 312 Å². The third-order valence-electron chi connectivity index (χ3n) is 8.80. The molecule has 0 radical (unpaired) electrons. The van der Waals surface area contributed by atoms with Gasteiger partial charge in [-0.15, -0.1) is 5.10 Å². The summed E-state index contributed by atoms with van der Waals surface area (Å²) in [4.78, 5) is 53.8. The van der Waals surface area contributed by atoms with Crippen molar-refractivity contribution in [2.24, 2.45) is 0 Å². The third kappa shape index (κ3) is 8.02. The Morgan fingerprint density at radius 1 is 1.00 bits per heavy atom. The topological polar surface area (TPSA) is 157 Å². The number of nitrogens with zero attached hydrogens (tertiary/aromatic N) is 5. The van der Waals surface area contributed by atoms with E-state index in [9.17, 15) is 24.3 Å². The van der Waals surface area contributed by atoms with Crippen LogP contribution in [-0.2, 0) is 27.2 Å². The predicted molar refractivity (Wildman–Crippen MR) is 195 cm³/mol. The van der Waals surface area contributed by atoms with Gasteiger partial charge in [-0.05, 0) is 81.6 Å². The van der Waals surface area contributed by atoms with Gasteiger partial charge in [-0.25, -0.2) is 9.18 Å². The summed E-state index contributed by atoms with van der Waals surface area (Å²) in [5, 5.41) is 23.3. The number of ether oxygens (including phenoxy) is 1. The molecule has 1 atom stereocenters. The fraction of sp³-hybridized carbons (Fsp3) is 0.184. The Morgan fingerprint density at radius 3 is 2.47 bits per heavy atom. The summed E-state index contributed by atoms with van der Waals surface area (Å²) >= 11 is 12.9. The molecule has 0 bridgehead atoms. The number of nitrogens with one attached hydrogen (secondary N) is 1. The zero-order valence-corrected chi connectivity index (χ0v) is 29.6. The third-order valence-corrected chi connectivity index (χ3v) is 9.40. The Kier molecular flexibility index (Phi) is 11.4. The molecule has 1 aromatic heterocycles. The van der Waals surface area contributed by atoms with Crippen LogP contribution in [0.3, 0.4) is 0 Å². The molecule has 4 aromatic carbocycles. The number of carboxylic acids is 1. The van der Waals surface area contributed by atoms with Crippen molar-refractivity contribution in [2.45, 2.75) is 18.9 Å². The number of hydrogen-bond acceptors (Lipinski definition) is 8. The van der Waals surface area contributed by atoms with Crippen LogP contribution in [0.4, 0.5) is 4.39 Å². The Balaban J connectivity index is 1.37. The van der Waals surface area contributed by atoms with Crippen LogP contribution >= 0.6 is 23.2 Å². The number of methoxy groups -OCH3 is 1. The normalized spacial score (nSPS) is 13.9. The monoisotopic (exact) mass is 756 g/mol. The molecule has 2 heterocycles. The molecule has 0 aliphatic carbocycles. The van der Waals surface area contributed by atoms with E-state index in [-0.39, 0.29) is 46.5 Å². The van der Waals surface area contributed by atoms with Gasteiger partial charge in [0.15, 0.2) is 11.6 Å². The van der Waals surface area contributed by atoms with Crippen LogP contribution < -0.4 is 5.32 Å². The van der Waals surface area contributed by atoms with Crippen LogP contribution in [0, 0.1) is 5.82 Å². The summed E-state index contributed by atoms with van der Waals surface area (Å²) in [6.45, 7) is 0.811. The minimum atomic E-state index is -1.10. The molecular weight excluding hydrogens is 726 g/mol. The molecule has 15 heteroatoms. The molecule has 1 aliphatic rings. The molecule has 2 amide bonds. The van der Waals surface area contributed by atoms with Crippen molar-refractivity contribution in [3.8, 4) is 16.8 Å². The largest absolute Gasteiger partial charge is 0.478 e. The lowest BCUT2D eigenvalue weighted by Gasteiger charge is -2.37. The van der Waals surface area contributed by atoms with E-state index in [2.05, 4.69) is 20.8 Å². The first-order valence-corrected chi connectivity index (χ1v) is 17.1. The minimum Gasteiger partial charge on any atom is -0.478 e. The van der Waals surface area contributed by atoms with E-state index in [1.54, 1.807) is 42.5 Å². The number of ketones is 1. The molecule has 0 saturated heterocycles. The second-order valence-electron chi connectivity index (χ2n) is 12.0. The van der Waals surface area contributed by atoms with Crippen molar-refractivity contribution in [3.63, 3.8) is 0 Å². The highest BCUT2D eigenvalue weighted by Gasteiger charge is 2.36. The summed E-state index contributed by atoms with van der Waals surface area (Å²) in [5.74, 6) is -3.09. The number of carboxylic acid groups (broad SMARTS) is 1. The van der Waals surface area contributed by atoms with Crippen LogP contribution in [0.2, 0.25) is 10.0 Å². The summed E-state index contributed by atoms with van der Waals surface area (Å²) in [5.41, 5.74) is 3.93. The molecule has 0 spiro atoms. The highest BCUT2D eigenvalue weighted by Crippen LogP contribution is 2.40. The lowest BCUT2D eigenvalue weighted by Crippen LogP contribution is -2.43. The molecule has 6 rings (SSSR count). The highest BCUT2D eigenvalue weighted by molar-refractivity contribution is 6.33. The molecule has 5 aromatic rings. The van der Waals surface area contributed by atoms with Crippen molar-refractivity contribution in [1.82, 2.24) is 30.4 Å². The number of Topliss-reactive ketones (excluding diaryl/α,β-unsaturated/α-hetero) is 1. The van der Waals surface area contributed by atoms with Crippen LogP contribution in [0.25, 0.3) is 22.9 Å². The molecule has 1 unspecified atom stereocenters. The number of rotatable bonds is 12. The Hall–Kier alpha value is -5.76. The maximum Gasteiger partial charge on any atom is 0.335 e. The van der Waals surface area contributed by atoms with Gasteiger partial charge >= 0.3 is 5.97 Å². The molecule has 1 aliphatic heterocycles. The van der Waals surface area contributed by atoms with Gasteiger partial charge in [-0.3, -0.25) is 14.4 Å². The second kappa shape index (κ2) is 16.3. The quantitative estimate of drug-likeness (QED) is 0.119. The predicted octanol–water partition coefficient (Wildman–Crippen LogP) is 5.80. The lowest BCUT2D eigenvalue weighted by molar-refractivity contribution is -0.136. The molecule has 53 heavy (non-hydrogen) atoms. The molecule has 270 valence electrons. The van der Waals surface area contributed by atoms with Crippen LogP contribution in [0.1, 0.15) is 49.0 Å². The van der Waals surface area contributed by atoms with E-state index in [4.69, 9.17) is 27.9 Å². The minimum absolute atomic E-state index is 0.0373. The van der Waals surface area contributed by atoms with E-state index < -0.39 is 23.7 Å². The first-order valence-electron chi connectivity index (χ1n) is 16.3. The molecule has 0 fully saturated rings. The van der Waals surface area contributed by atoms with Gasteiger partial charge in [-0.1, -0.05) is 59.6 Å². The van der Waals surface area contributed by atoms with Crippen LogP contribution in [-0.4, -0.2) is 80.6 Å². The molecule has 0 saturated carbocycles. The SMILES string of the molecule is COCCNC(=O)c1ccc(-c2cccc3c2CCN(C(=O)/C=C/c2c(-n4cnnn4)ccc(Cl)c2F)C3C(=O)Cc2ccc(C(=O)O)cc2)c(Cl)c1. The first kappa shape index (κ1) is 37.0. The number of halogens is 3.